The maximum Gasteiger partial charge on any atom is 0.241 e. The lowest BCUT2D eigenvalue weighted by atomic mass is 10.0. The molecule has 0 bridgehead atoms. The molecule has 3 nitrogen and oxygen atoms in total. The van der Waals surface area contributed by atoms with E-state index in [2.05, 4.69) is 10.6 Å². The third-order valence-electron chi connectivity index (χ3n) is 2.81. The molecule has 1 unspecified atom stereocenters. The van der Waals surface area contributed by atoms with Gasteiger partial charge in [0.05, 0.1) is 16.1 Å². The highest BCUT2D eigenvalue weighted by atomic mass is 35.5. The van der Waals surface area contributed by atoms with Crippen molar-refractivity contribution >= 4 is 34.8 Å². The molecule has 0 aromatic heterocycles. The molecule has 1 aromatic carbocycles. The van der Waals surface area contributed by atoms with Gasteiger partial charge in [0.2, 0.25) is 5.91 Å². The van der Waals surface area contributed by atoms with E-state index in [0.29, 0.717) is 15.7 Å². The Morgan fingerprint density at radius 2 is 2.12 bits per heavy atom. The van der Waals surface area contributed by atoms with Crippen LogP contribution in [-0.4, -0.2) is 18.5 Å². The van der Waals surface area contributed by atoms with Crippen LogP contribution in [0.15, 0.2) is 18.2 Å². The number of rotatable bonds is 2. The molecule has 1 saturated heterocycles. The maximum absolute atomic E-state index is 11.9. The Kier molecular flexibility index (Phi) is 4.26. The fourth-order valence-corrected chi connectivity index (χ4v) is 2.18. The molecule has 0 spiro atoms. The SMILES string of the molecule is O=C(Nc1ccc(Cl)c(Cl)c1)C1CCCCN1. The minimum atomic E-state index is -0.0989. The fourth-order valence-electron chi connectivity index (χ4n) is 1.88. The number of carbonyl (C=O) groups is 1. The summed E-state index contributed by atoms with van der Waals surface area (Å²) in [6.07, 6.45) is 3.11. The van der Waals surface area contributed by atoms with Gasteiger partial charge in [-0.2, -0.15) is 0 Å². The molecular weight excluding hydrogens is 259 g/mol. The Hall–Kier alpha value is -0.770. The van der Waals surface area contributed by atoms with Crippen molar-refractivity contribution < 1.29 is 4.79 Å². The first kappa shape index (κ1) is 12.7. The van der Waals surface area contributed by atoms with Gasteiger partial charge in [0.25, 0.3) is 0 Å². The Bertz CT molecular complexity index is 417. The lowest BCUT2D eigenvalue weighted by Gasteiger charge is -2.22. The smallest absolute Gasteiger partial charge is 0.241 e. The number of anilines is 1. The van der Waals surface area contributed by atoms with Crippen molar-refractivity contribution in [2.75, 3.05) is 11.9 Å². The van der Waals surface area contributed by atoms with Crippen LogP contribution in [0.5, 0.6) is 0 Å². The number of hydrogen-bond acceptors (Lipinski definition) is 2. The zero-order valence-corrected chi connectivity index (χ0v) is 10.8. The highest BCUT2D eigenvalue weighted by Crippen LogP contribution is 2.25. The average molecular weight is 273 g/mol. The van der Waals surface area contributed by atoms with Crippen LogP contribution in [0.1, 0.15) is 19.3 Å². The Morgan fingerprint density at radius 1 is 1.29 bits per heavy atom. The molecule has 0 aliphatic carbocycles. The molecule has 1 amide bonds. The normalized spacial score (nSPS) is 20.0. The molecule has 0 radical (unpaired) electrons. The largest absolute Gasteiger partial charge is 0.325 e. The molecule has 2 rings (SSSR count). The summed E-state index contributed by atoms with van der Waals surface area (Å²) in [4.78, 5) is 11.9. The van der Waals surface area contributed by atoms with Crippen LogP contribution in [0.25, 0.3) is 0 Å². The summed E-state index contributed by atoms with van der Waals surface area (Å²) in [6, 6.07) is 4.98. The summed E-state index contributed by atoms with van der Waals surface area (Å²) in [5, 5.41) is 6.96. The Morgan fingerprint density at radius 3 is 2.76 bits per heavy atom. The second-order valence-electron chi connectivity index (χ2n) is 4.12. The van der Waals surface area contributed by atoms with E-state index in [0.717, 1.165) is 25.8 Å². The van der Waals surface area contributed by atoms with Crippen molar-refractivity contribution in [3.8, 4) is 0 Å². The molecule has 1 aliphatic rings. The van der Waals surface area contributed by atoms with Gasteiger partial charge in [0.1, 0.15) is 0 Å². The molecule has 5 heteroatoms. The minimum Gasteiger partial charge on any atom is -0.325 e. The van der Waals surface area contributed by atoms with Gasteiger partial charge in [0.15, 0.2) is 0 Å². The molecule has 1 heterocycles. The van der Waals surface area contributed by atoms with E-state index in [1.54, 1.807) is 18.2 Å². The molecule has 1 fully saturated rings. The van der Waals surface area contributed by atoms with Gasteiger partial charge in [-0.3, -0.25) is 4.79 Å². The van der Waals surface area contributed by atoms with Gasteiger partial charge in [-0.05, 0) is 37.6 Å². The Balaban J connectivity index is 1.99. The van der Waals surface area contributed by atoms with E-state index < -0.39 is 0 Å². The van der Waals surface area contributed by atoms with E-state index in [4.69, 9.17) is 23.2 Å². The lowest BCUT2D eigenvalue weighted by Crippen LogP contribution is -2.43. The van der Waals surface area contributed by atoms with Gasteiger partial charge in [-0.1, -0.05) is 29.6 Å². The molecule has 92 valence electrons. The quantitative estimate of drug-likeness (QED) is 0.869. The third-order valence-corrected chi connectivity index (χ3v) is 3.55. The molecule has 17 heavy (non-hydrogen) atoms. The first-order valence-corrected chi connectivity index (χ1v) is 6.42. The first-order chi connectivity index (χ1) is 8.16. The zero-order valence-electron chi connectivity index (χ0n) is 9.30. The molecule has 0 saturated carbocycles. The number of piperidine rings is 1. The Labute approximate surface area is 110 Å². The second kappa shape index (κ2) is 5.71. The lowest BCUT2D eigenvalue weighted by molar-refractivity contribution is -0.118. The standard InChI is InChI=1S/C12H14Cl2N2O/c13-9-5-4-8(7-10(9)14)16-12(17)11-3-1-2-6-15-11/h4-5,7,11,15H,1-3,6H2,(H,16,17). The highest BCUT2D eigenvalue weighted by Gasteiger charge is 2.20. The summed E-state index contributed by atoms with van der Waals surface area (Å²) >= 11 is 11.7. The van der Waals surface area contributed by atoms with Crippen LogP contribution in [0, 0.1) is 0 Å². The van der Waals surface area contributed by atoms with Gasteiger partial charge in [-0.25, -0.2) is 0 Å². The monoisotopic (exact) mass is 272 g/mol. The zero-order chi connectivity index (χ0) is 12.3. The number of amides is 1. The van der Waals surface area contributed by atoms with Crippen molar-refractivity contribution in [2.24, 2.45) is 0 Å². The number of benzene rings is 1. The van der Waals surface area contributed by atoms with E-state index >= 15 is 0 Å². The van der Waals surface area contributed by atoms with Crippen LogP contribution in [0.3, 0.4) is 0 Å². The van der Waals surface area contributed by atoms with E-state index in [9.17, 15) is 4.79 Å². The van der Waals surface area contributed by atoms with Crippen LogP contribution in [0.4, 0.5) is 5.69 Å². The van der Waals surface area contributed by atoms with Crippen molar-refractivity contribution in [2.45, 2.75) is 25.3 Å². The summed E-state index contributed by atoms with van der Waals surface area (Å²) in [5.74, 6) is -0.0110. The van der Waals surface area contributed by atoms with Crippen molar-refractivity contribution in [3.63, 3.8) is 0 Å². The molecule has 1 aliphatic heterocycles. The first-order valence-electron chi connectivity index (χ1n) is 5.66. The van der Waals surface area contributed by atoms with Crippen molar-refractivity contribution in [3.05, 3.63) is 28.2 Å². The third kappa shape index (κ3) is 3.35. The predicted octanol–water partition coefficient (Wildman–Crippen LogP) is 3.07. The van der Waals surface area contributed by atoms with Crippen LogP contribution >= 0.6 is 23.2 Å². The van der Waals surface area contributed by atoms with Crippen molar-refractivity contribution in [1.29, 1.82) is 0 Å². The van der Waals surface area contributed by atoms with Gasteiger partial charge < -0.3 is 10.6 Å². The van der Waals surface area contributed by atoms with E-state index in [1.807, 2.05) is 0 Å². The molecular formula is C12H14Cl2N2O. The van der Waals surface area contributed by atoms with Crippen LogP contribution in [0.2, 0.25) is 10.0 Å². The highest BCUT2D eigenvalue weighted by molar-refractivity contribution is 6.42. The van der Waals surface area contributed by atoms with Crippen LogP contribution < -0.4 is 10.6 Å². The molecule has 2 N–H and O–H groups in total. The number of carbonyl (C=O) groups excluding carboxylic acids is 1. The van der Waals surface area contributed by atoms with E-state index in [-0.39, 0.29) is 11.9 Å². The summed E-state index contributed by atoms with van der Waals surface area (Å²) < 4.78 is 0. The minimum absolute atomic E-state index is 0.0110. The number of hydrogen-bond donors (Lipinski definition) is 2. The average Bonchev–Trinajstić information content (AvgIpc) is 2.35. The van der Waals surface area contributed by atoms with Crippen LogP contribution in [-0.2, 0) is 4.79 Å². The van der Waals surface area contributed by atoms with E-state index in [1.165, 1.54) is 0 Å². The fraction of sp³-hybridized carbons (Fsp3) is 0.417. The molecule has 1 atom stereocenters. The summed E-state index contributed by atoms with van der Waals surface area (Å²) in [7, 11) is 0. The van der Waals surface area contributed by atoms with Gasteiger partial charge >= 0.3 is 0 Å². The summed E-state index contributed by atoms with van der Waals surface area (Å²) in [6.45, 7) is 0.902. The number of halogens is 2. The van der Waals surface area contributed by atoms with Gasteiger partial charge in [0, 0.05) is 5.69 Å². The topological polar surface area (TPSA) is 41.1 Å². The number of nitrogens with one attached hydrogen (secondary N) is 2. The maximum atomic E-state index is 11.9. The second-order valence-corrected chi connectivity index (χ2v) is 4.94. The van der Waals surface area contributed by atoms with Crippen molar-refractivity contribution in [1.82, 2.24) is 5.32 Å². The summed E-state index contributed by atoms with van der Waals surface area (Å²) in [5.41, 5.74) is 0.678. The molecule has 1 aromatic rings. The van der Waals surface area contributed by atoms with Gasteiger partial charge in [-0.15, -0.1) is 0 Å². The predicted molar refractivity (Wildman–Crippen MR) is 70.7 cm³/mol.